The van der Waals surface area contributed by atoms with Gasteiger partial charge in [-0.15, -0.1) is 13.2 Å². The summed E-state index contributed by atoms with van der Waals surface area (Å²) in [5, 5.41) is 9.79. The molecule has 0 aliphatic rings. The predicted octanol–water partition coefficient (Wildman–Crippen LogP) is 3.28. The molecule has 3 N–H and O–H groups in total. The van der Waals surface area contributed by atoms with Crippen LogP contribution in [0.25, 0.3) is 0 Å². The van der Waals surface area contributed by atoms with Gasteiger partial charge in [0.1, 0.15) is 0 Å². The van der Waals surface area contributed by atoms with Crippen LogP contribution in [0.4, 0.5) is 17.6 Å². The molecule has 0 heterocycles. The lowest BCUT2D eigenvalue weighted by Crippen LogP contribution is -2.26. The van der Waals surface area contributed by atoms with Crippen LogP contribution in [0.15, 0.2) is 18.2 Å². The van der Waals surface area contributed by atoms with E-state index in [4.69, 9.17) is 5.73 Å². The summed E-state index contributed by atoms with van der Waals surface area (Å²) >= 11 is 0. The fourth-order valence-electron chi connectivity index (χ4n) is 1.75. The number of unbranched alkanes of at least 4 members (excludes halogenated alkanes) is 1. The van der Waals surface area contributed by atoms with Crippen LogP contribution in [0, 0.1) is 5.82 Å². The van der Waals surface area contributed by atoms with Gasteiger partial charge < -0.3 is 15.6 Å². The molecular formula is C13H17F4NO2. The molecule has 20 heavy (non-hydrogen) atoms. The lowest BCUT2D eigenvalue weighted by Gasteiger charge is -2.19. The quantitative estimate of drug-likeness (QED) is 0.792. The summed E-state index contributed by atoms with van der Waals surface area (Å²) in [6, 6.07) is 2.06. The van der Waals surface area contributed by atoms with Crippen LogP contribution in [0.1, 0.15) is 37.8 Å². The molecule has 1 rings (SSSR count). The van der Waals surface area contributed by atoms with Crippen molar-refractivity contribution in [2.45, 2.75) is 44.7 Å². The molecule has 0 aliphatic heterocycles. The maximum atomic E-state index is 13.5. The van der Waals surface area contributed by atoms with Crippen molar-refractivity contribution in [3.05, 3.63) is 29.6 Å². The molecule has 0 saturated heterocycles. The van der Waals surface area contributed by atoms with Crippen LogP contribution < -0.4 is 10.5 Å². The second-order valence-electron chi connectivity index (χ2n) is 4.47. The largest absolute Gasteiger partial charge is 0.573 e. The van der Waals surface area contributed by atoms with Crippen molar-refractivity contribution >= 4 is 0 Å². The molecule has 0 fully saturated rings. The average Bonchev–Trinajstić information content (AvgIpc) is 2.36. The van der Waals surface area contributed by atoms with Gasteiger partial charge in [-0.05, 0) is 24.1 Å². The molecule has 0 radical (unpaired) electrons. The number of nitrogens with two attached hydrogens (primary N) is 1. The first-order valence-electron chi connectivity index (χ1n) is 6.23. The van der Waals surface area contributed by atoms with Gasteiger partial charge in [-0.2, -0.15) is 0 Å². The van der Waals surface area contributed by atoms with Crippen molar-refractivity contribution in [3.63, 3.8) is 0 Å². The van der Waals surface area contributed by atoms with Gasteiger partial charge in [-0.3, -0.25) is 0 Å². The number of hydrogen-bond acceptors (Lipinski definition) is 3. The minimum Gasteiger partial charge on any atom is -0.403 e. The van der Waals surface area contributed by atoms with E-state index in [1.54, 1.807) is 0 Å². The molecule has 0 aromatic heterocycles. The number of halogens is 4. The van der Waals surface area contributed by atoms with E-state index in [1.807, 2.05) is 6.92 Å². The molecule has 1 aromatic carbocycles. The van der Waals surface area contributed by atoms with E-state index in [0.29, 0.717) is 6.42 Å². The van der Waals surface area contributed by atoms with Crippen molar-refractivity contribution in [3.8, 4) is 5.75 Å². The molecule has 2 atom stereocenters. The molecule has 0 unspecified atom stereocenters. The number of alkyl halides is 3. The highest BCUT2D eigenvalue weighted by atomic mass is 19.4. The Morgan fingerprint density at radius 3 is 2.50 bits per heavy atom. The van der Waals surface area contributed by atoms with Gasteiger partial charge in [-0.1, -0.05) is 25.8 Å². The normalized spacial score (nSPS) is 14.9. The summed E-state index contributed by atoms with van der Waals surface area (Å²) < 4.78 is 53.0. The molecule has 3 nitrogen and oxygen atoms in total. The van der Waals surface area contributed by atoms with Gasteiger partial charge in [0.15, 0.2) is 11.6 Å². The Bertz CT molecular complexity index is 437. The number of hydrogen-bond donors (Lipinski definition) is 2. The van der Waals surface area contributed by atoms with Crippen molar-refractivity contribution < 1.29 is 27.4 Å². The van der Waals surface area contributed by atoms with E-state index in [1.165, 1.54) is 6.07 Å². The van der Waals surface area contributed by atoms with E-state index in [2.05, 4.69) is 4.74 Å². The van der Waals surface area contributed by atoms with Gasteiger partial charge in [-0.25, -0.2) is 4.39 Å². The summed E-state index contributed by atoms with van der Waals surface area (Å²) in [6.07, 6.45) is -3.75. The SMILES string of the molecule is CCCC[C@@H](O)[C@@H](N)c1ccc(OC(F)(F)F)c(F)c1. The molecule has 0 aliphatic carbocycles. The fourth-order valence-corrected chi connectivity index (χ4v) is 1.75. The first-order chi connectivity index (χ1) is 9.24. The van der Waals surface area contributed by atoms with Crippen molar-refractivity contribution in [2.24, 2.45) is 5.73 Å². The maximum absolute atomic E-state index is 13.5. The molecular weight excluding hydrogens is 278 g/mol. The molecule has 0 spiro atoms. The van der Waals surface area contributed by atoms with Crippen LogP contribution >= 0.6 is 0 Å². The van der Waals surface area contributed by atoms with Crippen molar-refractivity contribution in [1.82, 2.24) is 0 Å². The summed E-state index contributed by atoms with van der Waals surface area (Å²) in [6.45, 7) is 1.95. The third-order valence-corrected chi connectivity index (χ3v) is 2.83. The Morgan fingerprint density at radius 1 is 1.35 bits per heavy atom. The maximum Gasteiger partial charge on any atom is 0.573 e. The zero-order valence-corrected chi connectivity index (χ0v) is 11.0. The Labute approximate surface area is 114 Å². The van der Waals surface area contributed by atoms with Gasteiger partial charge in [0.25, 0.3) is 0 Å². The Balaban J connectivity index is 2.81. The minimum absolute atomic E-state index is 0.223. The van der Waals surface area contributed by atoms with Gasteiger partial charge >= 0.3 is 6.36 Å². The van der Waals surface area contributed by atoms with Gasteiger partial charge in [0.2, 0.25) is 0 Å². The highest BCUT2D eigenvalue weighted by molar-refractivity contribution is 5.31. The lowest BCUT2D eigenvalue weighted by molar-refractivity contribution is -0.275. The molecule has 0 saturated carbocycles. The predicted molar refractivity (Wildman–Crippen MR) is 65.5 cm³/mol. The number of aliphatic hydroxyl groups is 1. The zero-order valence-electron chi connectivity index (χ0n) is 11.0. The third-order valence-electron chi connectivity index (χ3n) is 2.83. The number of aliphatic hydroxyl groups excluding tert-OH is 1. The van der Waals surface area contributed by atoms with Crippen LogP contribution in [-0.4, -0.2) is 17.6 Å². The molecule has 0 bridgehead atoms. The van der Waals surface area contributed by atoms with Crippen LogP contribution in [-0.2, 0) is 0 Å². The number of benzene rings is 1. The number of rotatable bonds is 6. The number of ether oxygens (including phenoxy) is 1. The fraction of sp³-hybridized carbons (Fsp3) is 0.538. The summed E-state index contributed by atoms with van der Waals surface area (Å²) in [5.74, 6) is -2.09. The van der Waals surface area contributed by atoms with Crippen LogP contribution in [0.2, 0.25) is 0 Å². The minimum atomic E-state index is -4.95. The van der Waals surface area contributed by atoms with E-state index in [-0.39, 0.29) is 5.56 Å². The topological polar surface area (TPSA) is 55.5 Å². The Hall–Kier alpha value is -1.34. The third kappa shape index (κ3) is 4.97. The van der Waals surface area contributed by atoms with Crippen molar-refractivity contribution in [1.29, 1.82) is 0 Å². The average molecular weight is 295 g/mol. The summed E-state index contributed by atoms with van der Waals surface area (Å²) in [4.78, 5) is 0. The van der Waals surface area contributed by atoms with E-state index in [9.17, 15) is 22.7 Å². The standard InChI is InChI=1S/C13H17F4NO2/c1-2-3-4-10(19)12(18)8-5-6-11(9(14)7-8)20-13(15,16)17/h5-7,10,12,19H,2-4,18H2,1H3/t10-,12+/m1/s1. The van der Waals surface area contributed by atoms with E-state index >= 15 is 0 Å². The first-order valence-corrected chi connectivity index (χ1v) is 6.23. The highest BCUT2D eigenvalue weighted by Gasteiger charge is 2.32. The summed E-state index contributed by atoms with van der Waals surface area (Å²) in [7, 11) is 0. The molecule has 0 amide bonds. The second kappa shape index (κ2) is 6.90. The molecule has 114 valence electrons. The summed E-state index contributed by atoms with van der Waals surface area (Å²) in [5.41, 5.74) is 5.97. The molecule has 7 heteroatoms. The second-order valence-corrected chi connectivity index (χ2v) is 4.47. The van der Waals surface area contributed by atoms with Gasteiger partial charge in [0, 0.05) is 0 Å². The van der Waals surface area contributed by atoms with Gasteiger partial charge in [0.05, 0.1) is 12.1 Å². The monoisotopic (exact) mass is 295 g/mol. The Kier molecular flexibility index (Phi) is 5.76. The first kappa shape index (κ1) is 16.7. The van der Waals surface area contributed by atoms with E-state index in [0.717, 1.165) is 25.0 Å². The van der Waals surface area contributed by atoms with Crippen molar-refractivity contribution in [2.75, 3.05) is 0 Å². The lowest BCUT2D eigenvalue weighted by atomic mass is 9.98. The smallest absolute Gasteiger partial charge is 0.403 e. The zero-order chi connectivity index (χ0) is 15.3. The van der Waals surface area contributed by atoms with E-state index < -0.39 is 30.1 Å². The van der Waals surface area contributed by atoms with Crippen LogP contribution in [0.5, 0.6) is 5.75 Å². The highest BCUT2D eigenvalue weighted by Crippen LogP contribution is 2.28. The van der Waals surface area contributed by atoms with Crippen LogP contribution in [0.3, 0.4) is 0 Å². The Morgan fingerprint density at radius 2 is 2.00 bits per heavy atom. The molecule has 1 aromatic rings.